The average Bonchev–Trinajstić information content (AvgIpc) is 2.91. The molecule has 8 heteroatoms. The predicted octanol–water partition coefficient (Wildman–Crippen LogP) is 2.26. The van der Waals surface area contributed by atoms with Gasteiger partial charge in [-0.25, -0.2) is 9.69 Å². The first kappa shape index (κ1) is 19.9. The number of nitrogens with zero attached hydrogens (tertiary/aromatic N) is 2. The molecule has 1 aliphatic heterocycles. The Balaban J connectivity index is 1.78. The minimum absolute atomic E-state index is 0.135. The van der Waals surface area contributed by atoms with Gasteiger partial charge < -0.3 is 9.47 Å². The van der Waals surface area contributed by atoms with E-state index in [9.17, 15) is 19.2 Å². The fourth-order valence-corrected chi connectivity index (χ4v) is 3.88. The Hall–Kier alpha value is -2.90. The maximum absolute atomic E-state index is 12.8. The van der Waals surface area contributed by atoms with Crippen LogP contribution in [0.4, 0.5) is 4.79 Å². The van der Waals surface area contributed by atoms with Gasteiger partial charge in [0, 0.05) is 11.6 Å². The number of ether oxygens (including phenoxy) is 2. The van der Waals surface area contributed by atoms with Crippen LogP contribution in [-0.2, 0) is 9.59 Å². The van der Waals surface area contributed by atoms with Crippen LogP contribution in [0.15, 0.2) is 18.2 Å². The Morgan fingerprint density at radius 3 is 2.36 bits per heavy atom. The Bertz CT molecular complexity index is 821. The number of amides is 4. The lowest BCUT2D eigenvalue weighted by molar-refractivity contribution is -0.144. The summed E-state index contributed by atoms with van der Waals surface area (Å²) in [5.74, 6) is -1.30. The van der Waals surface area contributed by atoms with Crippen molar-refractivity contribution in [1.82, 2.24) is 9.80 Å². The number of methoxy groups -OCH3 is 2. The van der Waals surface area contributed by atoms with Crippen LogP contribution >= 0.6 is 0 Å². The molecule has 1 heterocycles. The SMILES string of the molecule is COc1ccc(C(=O)CN2C(=O)C(=O)N([C@@H]3CCCC[C@@H]3C)C2=O)cc1OC. The summed E-state index contributed by atoms with van der Waals surface area (Å²) >= 11 is 0. The summed E-state index contributed by atoms with van der Waals surface area (Å²) in [5, 5.41) is 0. The van der Waals surface area contributed by atoms with Gasteiger partial charge in [-0.15, -0.1) is 0 Å². The molecule has 2 atom stereocenters. The number of ketones is 1. The molecule has 150 valence electrons. The highest BCUT2D eigenvalue weighted by Crippen LogP contribution is 2.32. The predicted molar refractivity (Wildman–Crippen MR) is 99.3 cm³/mol. The fraction of sp³-hybridized carbons (Fsp3) is 0.500. The number of benzene rings is 1. The van der Waals surface area contributed by atoms with Gasteiger partial charge in [-0.2, -0.15) is 0 Å². The topological polar surface area (TPSA) is 93.2 Å². The van der Waals surface area contributed by atoms with Crippen LogP contribution in [0.1, 0.15) is 43.0 Å². The van der Waals surface area contributed by atoms with Gasteiger partial charge in [0.1, 0.15) is 0 Å². The molecule has 0 N–H and O–H groups in total. The molecule has 1 saturated carbocycles. The van der Waals surface area contributed by atoms with E-state index in [1.54, 1.807) is 6.07 Å². The van der Waals surface area contributed by atoms with Gasteiger partial charge in [-0.1, -0.05) is 19.8 Å². The molecular formula is C20H24N2O6. The molecule has 3 rings (SSSR count). The van der Waals surface area contributed by atoms with Crippen molar-refractivity contribution in [3.05, 3.63) is 23.8 Å². The van der Waals surface area contributed by atoms with Crippen molar-refractivity contribution in [3.63, 3.8) is 0 Å². The zero-order valence-corrected chi connectivity index (χ0v) is 16.3. The van der Waals surface area contributed by atoms with Crippen LogP contribution in [0.2, 0.25) is 0 Å². The summed E-state index contributed by atoms with van der Waals surface area (Å²) in [6.07, 6.45) is 3.54. The summed E-state index contributed by atoms with van der Waals surface area (Å²) in [4.78, 5) is 52.0. The molecule has 1 aliphatic carbocycles. The zero-order valence-electron chi connectivity index (χ0n) is 16.3. The molecule has 28 heavy (non-hydrogen) atoms. The highest BCUT2D eigenvalue weighted by atomic mass is 16.5. The van der Waals surface area contributed by atoms with Crippen LogP contribution in [0.25, 0.3) is 0 Å². The minimum atomic E-state index is -0.948. The summed E-state index contributed by atoms with van der Waals surface area (Å²) in [5.41, 5.74) is 0.259. The highest BCUT2D eigenvalue weighted by molar-refractivity contribution is 6.45. The van der Waals surface area contributed by atoms with Gasteiger partial charge in [0.2, 0.25) is 0 Å². The van der Waals surface area contributed by atoms with E-state index in [1.807, 2.05) is 6.92 Å². The quantitative estimate of drug-likeness (QED) is 0.422. The molecule has 4 amide bonds. The molecule has 8 nitrogen and oxygen atoms in total. The number of carbonyl (C=O) groups excluding carboxylic acids is 4. The Labute approximate surface area is 163 Å². The summed E-state index contributed by atoms with van der Waals surface area (Å²) in [6.45, 7) is 1.49. The van der Waals surface area contributed by atoms with E-state index in [-0.39, 0.29) is 17.5 Å². The molecular weight excluding hydrogens is 364 g/mol. The molecule has 0 spiro atoms. The van der Waals surface area contributed by atoms with Crippen LogP contribution in [0, 0.1) is 5.92 Å². The number of rotatable bonds is 6. The second-order valence-corrected chi connectivity index (χ2v) is 7.17. The van der Waals surface area contributed by atoms with E-state index in [0.717, 1.165) is 29.1 Å². The molecule has 0 unspecified atom stereocenters. The molecule has 0 radical (unpaired) electrons. The van der Waals surface area contributed by atoms with Crippen molar-refractivity contribution in [2.45, 2.75) is 38.6 Å². The van der Waals surface area contributed by atoms with E-state index in [2.05, 4.69) is 0 Å². The standard InChI is InChI=1S/C20H24N2O6/c1-12-6-4-5-7-14(12)22-19(25)18(24)21(20(22)26)11-15(23)13-8-9-16(27-2)17(10-13)28-3/h8-10,12,14H,4-7,11H2,1-3H3/t12-,14+/m0/s1. The number of hydrogen-bond donors (Lipinski definition) is 0. The van der Waals surface area contributed by atoms with Crippen molar-refractivity contribution >= 4 is 23.6 Å². The van der Waals surface area contributed by atoms with Crippen LogP contribution in [-0.4, -0.2) is 60.2 Å². The normalized spacial score (nSPS) is 22.6. The lowest BCUT2D eigenvalue weighted by atomic mass is 9.85. The first-order chi connectivity index (χ1) is 13.4. The van der Waals surface area contributed by atoms with Gasteiger partial charge in [0.15, 0.2) is 17.3 Å². The van der Waals surface area contributed by atoms with Crippen molar-refractivity contribution in [1.29, 1.82) is 0 Å². The number of hydrogen-bond acceptors (Lipinski definition) is 6. The molecule has 1 aromatic rings. The van der Waals surface area contributed by atoms with Crippen LogP contribution < -0.4 is 9.47 Å². The Morgan fingerprint density at radius 2 is 1.71 bits per heavy atom. The van der Waals surface area contributed by atoms with E-state index in [1.165, 1.54) is 26.4 Å². The van der Waals surface area contributed by atoms with Gasteiger partial charge in [-0.3, -0.25) is 19.3 Å². The molecule has 0 bridgehead atoms. The fourth-order valence-electron chi connectivity index (χ4n) is 3.88. The molecule has 2 fully saturated rings. The molecule has 1 saturated heterocycles. The third kappa shape index (κ3) is 3.46. The van der Waals surface area contributed by atoms with Crippen LogP contribution in [0.5, 0.6) is 11.5 Å². The molecule has 0 aromatic heterocycles. The van der Waals surface area contributed by atoms with Gasteiger partial charge in [0.05, 0.1) is 20.8 Å². The summed E-state index contributed by atoms with van der Waals surface area (Å²) in [6, 6.07) is 3.58. The first-order valence-electron chi connectivity index (χ1n) is 9.33. The Morgan fingerprint density at radius 1 is 1.04 bits per heavy atom. The number of imide groups is 2. The van der Waals surface area contributed by atoms with Gasteiger partial charge in [0.25, 0.3) is 0 Å². The van der Waals surface area contributed by atoms with Gasteiger partial charge in [-0.05, 0) is 37.0 Å². The second-order valence-electron chi connectivity index (χ2n) is 7.17. The highest BCUT2D eigenvalue weighted by Gasteiger charge is 2.49. The van der Waals surface area contributed by atoms with E-state index in [4.69, 9.17) is 9.47 Å². The molecule has 1 aromatic carbocycles. The average molecular weight is 388 g/mol. The van der Waals surface area contributed by atoms with Crippen molar-refractivity contribution in [2.24, 2.45) is 5.92 Å². The smallest absolute Gasteiger partial charge is 0.334 e. The first-order valence-corrected chi connectivity index (χ1v) is 9.33. The lowest BCUT2D eigenvalue weighted by Gasteiger charge is -2.34. The third-order valence-corrected chi connectivity index (χ3v) is 5.49. The monoisotopic (exact) mass is 388 g/mol. The van der Waals surface area contributed by atoms with E-state index in [0.29, 0.717) is 17.9 Å². The zero-order chi connectivity index (χ0) is 20.4. The largest absolute Gasteiger partial charge is 0.493 e. The maximum atomic E-state index is 12.8. The van der Waals surface area contributed by atoms with Crippen molar-refractivity contribution < 1.29 is 28.7 Å². The third-order valence-electron chi connectivity index (χ3n) is 5.49. The van der Waals surface area contributed by atoms with E-state index < -0.39 is 30.2 Å². The number of urea groups is 1. The lowest BCUT2D eigenvalue weighted by Crippen LogP contribution is -2.46. The Kier molecular flexibility index (Phi) is 5.67. The second kappa shape index (κ2) is 8.00. The summed E-state index contributed by atoms with van der Waals surface area (Å²) < 4.78 is 10.3. The number of carbonyl (C=O) groups is 4. The maximum Gasteiger partial charge on any atom is 0.334 e. The minimum Gasteiger partial charge on any atom is -0.493 e. The van der Waals surface area contributed by atoms with E-state index >= 15 is 0 Å². The van der Waals surface area contributed by atoms with Crippen LogP contribution in [0.3, 0.4) is 0 Å². The summed E-state index contributed by atoms with van der Waals surface area (Å²) in [7, 11) is 2.93. The molecule has 2 aliphatic rings. The van der Waals surface area contributed by atoms with Gasteiger partial charge >= 0.3 is 17.8 Å². The van der Waals surface area contributed by atoms with Crippen molar-refractivity contribution in [2.75, 3.05) is 20.8 Å². The van der Waals surface area contributed by atoms with Crippen molar-refractivity contribution in [3.8, 4) is 11.5 Å². The number of Topliss-reactive ketones (excluding diaryl/α,β-unsaturated/α-hetero) is 1.